The van der Waals surface area contributed by atoms with Gasteiger partial charge in [0.2, 0.25) is 15.9 Å². The number of nitrogens with zero attached hydrogens (tertiary/aromatic N) is 2. The molecule has 2 aromatic carbocycles. The van der Waals surface area contributed by atoms with E-state index in [2.05, 4.69) is 5.32 Å². The maximum atomic E-state index is 13.9. The number of benzene rings is 2. The zero-order valence-electron chi connectivity index (χ0n) is 15.7. The van der Waals surface area contributed by atoms with Gasteiger partial charge in [0.05, 0.1) is 17.8 Å². The van der Waals surface area contributed by atoms with Gasteiger partial charge in [-0.2, -0.15) is 17.5 Å². The third kappa shape index (κ3) is 4.97. The first-order chi connectivity index (χ1) is 14.1. The highest BCUT2D eigenvalue weighted by Crippen LogP contribution is 2.34. The van der Waals surface area contributed by atoms with E-state index in [9.17, 15) is 30.8 Å². The van der Waals surface area contributed by atoms with Crippen LogP contribution in [0.5, 0.6) is 0 Å². The molecule has 1 heterocycles. The van der Waals surface area contributed by atoms with E-state index in [-0.39, 0.29) is 38.4 Å². The molecule has 0 unspecified atom stereocenters. The maximum absolute atomic E-state index is 13.9. The monoisotopic (exact) mass is 445 g/mol. The number of anilines is 1. The summed E-state index contributed by atoms with van der Waals surface area (Å²) >= 11 is 0. The van der Waals surface area contributed by atoms with Gasteiger partial charge in [0.1, 0.15) is 10.7 Å². The molecule has 2 aromatic rings. The average molecular weight is 445 g/mol. The van der Waals surface area contributed by atoms with Crippen LogP contribution in [0.3, 0.4) is 0 Å². The third-order valence-corrected chi connectivity index (χ3v) is 6.59. The molecule has 162 valence electrons. The van der Waals surface area contributed by atoms with Crippen LogP contribution in [0, 0.1) is 5.82 Å². The second-order valence-electron chi connectivity index (χ2n) is 6.70. The molecule has 0 atom stereocenters. The highest BCUT2D eigenvalue weighted by molar-refractivity contribution is 7.89. The fourth-order valence-electron chi connectivity index (χ4n) is 3.15. The first-order valence-electron chi connectivity index (χ1n) is 9.02. The molecular formula is C19H19F4N3O3S. The van der Waals surface area contributed by atoms with Gasteiger partial charge in [0, 0.05) is 26.2 Å². The van der Waals surface area contributed by atoms with Crippen molar-refractivity contribution in [2.45, 2.75) is 11.1 Å². The summed E-state index contributed by atoms with van der Waals surface area (Å²) in [5, 5.41) is 2.26. The summed E-state index contributed by atoms with van der Waals surface area (Å²) in [6, 6.07) is 9.72. The molecule has 6 nitrogen and oxygen atoms in total. The zero-order valence-corrected chi connectivity index (χ0v) is 16.5. The van der Waals surface area contributed by atoms with Crippen LogP contribution < -0.4 is 5.32 Å². The first kappa shape index (κ1) is 22.2. The van der Waals surface area contributed by atoms with Crippen molar-refractivity contribution in [2.75, 3.05) is 38.0 Å². The first-order valence-corrected chi connectivity index (χ1v) is 10.5. The standard InChI is InChI=1S/C19H19F4N3O3S/c20-15-6-2-4-8-17(15)30(28,29)26-11-9-25(10-12-26)13-18(27)24-16-7-3-1-5-14(16)19(21,22)23/h1-8H,9-13H2,(H,24,27). The molecule has 0 aromatic heterocycles. The minimum absolute atomic E-state index is 0.0308. The number of rotatable bonds is 5. The van der Waals surface area contributed by atoms with Gasteiger partial charge in [-0.05, 0) is 24.3 Å². The van der Waals surface area contributed by atoms with E-state index < -0.39 is 38.4 Å². The Morgan fingerprint density at radius 2 is 1.57 bits per heavy atom. The minimum atomic E-state index is -4.60. The molecule has 1 fully saturated rings. The average Bonchev–Trinajstić information content (AvgIpc) is 2.68. The number of carbonyl (C=O) groups is 1. The lowest BCUT2D eigenvalue weighted by Crippen LogP contribution is -2.50. The van der Waals surface area contributed by atoms with Crippen LogP contribution >= 0.6 is 0 Å². The molecular weight excluding hydrogens is 426 g/mol. The number of alkyl halides is 3. The molecule has 11 heteroatoms. The van der Waals surface area contributed by atoms with E-state index in [1.807, 2.05) is 0 Å². The number of amides is 1. The summed E-state index contributed by atoms with van der Waals surface area (Å²) in [6.45, 7) is 0.232. The number of hydrogen-bond donors (Lipinski definition) is 1. The Hall–Kier alpha value is -2.50. The second-order valence-corrected chi connectivity index (χ2v) is 8.61. The van der Waals surface area contributed by atoms with Gasteiger partial charge in [-0.15, -0.1) is 0 Å². The molecule has 0 aliphatic carbocycles. The molecule has 1 saturated heterocycles. The van der Waals surface area contributed by atoms with Crippen LogP contribution in [-0.2, 0) is 21.0 Å². The van der Waals surface area contributed by atoms with Crippen LogP contribution in [0.15, 0.2) is 53.4 Å². The van der Waals surface area contributed by atoms with Gasteiger partial charge in [-0.1, -0.05) is 24.3 Å². The fourth-order valence-corrected chi connectivity index (χ4v) is 4.64. The number of sulfonamides is 1. The molecule has 1 aliphatic heterocycles. The lowest BCUT2D eigenvalue weighted by atomic mass is 10.1. The topological polar surface area (TPSA) is 69.7 Å². The molecule has 0 radical (unpaired) electrons. The third-order valence-electron chi connectivity index (χ3n) is 4.66. The van der Waals surface area contributed by atoms with Gasteiger partial charge >= 0.3 is 6.18 Å². The second kappa shape index (κ2) is 8.70. The van der Waals surface area contributed by atoms with Gasteiger partial charge in [0.15, 0.2) is 0 Å². The van der Waals surface area contributed by atoms with Crippen LogP contribution in [0.4, 0.5) is 23.2 Å². The Labute approximate surface area is 171 Å². The number of para-hydroxylation sites is 1. The molecule has 30 heavy (non-hydrogen) atoms. The minimum Gasteiger partial charge on any atom is -0.324 e. The largest absolute Gasteiger partial charge is 0.418 e. The van der Waals surface area contributed by atoms with E-state index in [0.717, 1.165) is 16.4 Å². The Kier molecular flexibility index (Phi) is 6.44. The summed E-state index contributed by atoms with van der Waals surface area (Å²) in [4.78, 5) is 13.4. The number of hydrogen-bond acceptors (Lipinski definition) is 4. The number of nitrogens with one attached hydrogen (secondary N) is 1. The van der Waals surface area contributed by atoms with Gasteiger partial charge in [-0.25, -0.2) is 12.8 Å². The summed E-state index contributed by atoms with van der Waals surface area (Å²) < 4.78 is 79.3. The SMILES string of the molecule is O=C(CN1CCN(S(=O)(=O)c2ccccc2F)CC1)Nc1ccccc1C(F)(F)F. The Balaban J connectivity index is 1.59. The van der Waals surface area contributed by atoms with Crippen molar-refractivity contribution in [1.82, 2.24) is 9.21 Å². The van der Waals surface area contributed by atoms with Crippen molar-refractivity contribution in [3.8, 4) is 0 Å². The molecule has 0 bridgehead atoms. The van der Waals surface area contributed by atoms with Crippen LogP contribution in [0.25, 0.3) is 0 Å². The molecule has 0 spiro atoms. The van der Waals surface area contributed by atoms with Gasteiger partial charge in [0.25, 0.3) is 0 Å². The number of halogens is 4. The molecule has 3 rings (SSSR count). The zero-order chi connectivity index (χ0) is 21.9. The summed E-state index contributed by atoms with van der Waals surface area (Å²) in [5.74, 6) is -1.49. The van der Waals surface area contributed by atoms with Crippen molar-refractivity contribution in [1.29, 1.82) is 0 Å². The maximum Gasteiger partial charge on any atom is 0.418 e. The van der Waals surface area contributed by atoms with Gasteiger partial charge in [-0.3, -0.25) is 9.69 Å². The Morgan fingerprint density at radius 3 is 2.20 bits per heavy atom. The molecule has 1 aliphatic rings. The fraction of sp³-hybridized carbons (Fsp3) is 0.316. The smallest absolute Gasteiger partial charge is 0.324 e. The molecule has 1 N–H and O–H groups in total. The van der Waals surface area contributed by atoms with E-state index >= 15 is 0 Å². The normalized spacial score (nSPS) is 16.4. The van der Waals surface area contributed by atoms with Crippen molar-refractivity contribution >= 4 is 21.6 Å². The quantitative estimate of drug-likeness (QED) is 0.719. The predicted molar refractivity (Wildman–Crippen MR) is 102 cm³/mol. The lowest BCUT2D eigenvalue weighted by molar-refractivity contribution is -0.137. The van der Waals surface area contributed by atoms with Crippen molar-refractivity contribution in [3.05, 3.63) is 59.9 Å². The van der Waals surface area contributed by atoms with E-state index in [0.29, 0.717) is 0 Å². The Bertz CT molecular complexity index is 1020. The lowest BCUT2D eigenvalue weighted by Gasteiger charge is -2.33. The van der Waals surface area contributed by atoms with Crippen molar-refractivity contribution in [3.63, 3.8) is 0 Å². The highest BCUT2D eigenvalue weighted by atomic mass is 32.2. The molecule has 0 saturated carbocycles. The summed E-state index contributed by atoms with van der Waals surface area (Å²) in [5.41, 5.74) is -1.28. The van der Waals surface area contributed by atoms with Gasteiger partial charge < -0.3 is 5.32 Å². The van der Waals surface area contributed by atoms with E-state index in [1.165, 1.54) is 36.4 Å². The molecule has 1 amide bonds. The highest BCUT2D eigenvalue weighted by Gasteiger charge is 2.34. The Morgan fingerprint density at radius 1 is 0.967 bits per heavy atom. The van der Waals surface area contributed by atoms with Crippen molar-refractivity contribution < 1.29 is 30.8 Å². The van der Waals surface area contributed by atoms with Crippen LogP contribution in [0.2, 0.25) is 0 Å². The predicted octanol–water partition coefficient (Wildman–Crippen LogP) is 2.79. The summed E-state index contributed by atoms with van der Waals surface area (Å²) in [7, 11) is -4.01. The number of carbonyl (C=O) groups excluding carboxylic acids is 1. The van der Waals surface area contributed by atoms with E-state index in [4.69, 9.17) is 0 Å². The number of piperazine rings is 1. The van der Waals surface area contributed by atoms with Crippen LogP contribution in [0.1, 0.15) is 5.56 Å². The van der Waals surface area contributed by atoms with Crippen LogP contribution in [-0.4, -0.2) is 56.3 Å². The summed E-state index contributed by atoms with van der Waals surface area (Å²) in [6.07, 6.45) is -4.60. The van der Waals surface area contributed by atoms with E-state index in [1.54, 1.807) is 4.90 Å². The van der Waals surface area contributed by atoms with Crippen molar-refractivity contribution in [2.24, 2.45) is 0 Å².